The molecule has 0 bridgehead atoms. The smallest absolute Gasteiger partial charge is 0.00682 e. The van der Waals surface area contributed by atoms with Crippen molar-refractivity contribution in [3.05, 3.63) is 0 Å². The van der Waals surface area contributed by atoms with Gasteiger partial charge in [-0.2, -0.15) is 0 Å². The molecular formula is C12H26N2. The van der Waals surface area contributed by atoms with E-state index in [9.17, 15) is 0 Å². The molecule has 1 atom stereocenters. The van der Waals surface area contributed by atoms with E-state index in [1.54, 1.807) is 0 Å². The van der Waals surface area contributed by atoms with Crippen molar-refractivity contribution in [2.24, 2.45) is 5.92 Å². The highest BCUT2D eigenvalue weighted by atomic mass is 14.9. The minimum atomic E-state index is 0.879. The van der Waals surface area contributed by atoms with Gasteiger partial charge in [-0.25, -0.2) is 0 Å². The lowest BCUT2D eigenvalue weighted by atomic mass is 10.0. The maximum atomic E-state index is 3.57. The normalized spacial score (nSPS) is 18.4. The molecule has 0 spiro atoms. The molecule has 0 heterocycles. The Hall–Kier alpha value is -0.0800. The van der Waals surface area contributed by atoms with Gasteiger partial charge < -0.3 is 10.6 Å². The first kappa shape index (κ1) is 12.0. The van der Waals surface area contributed by atoms with E-state index < -0.39 is 0 Å². The van der Waals surface area contributed by atoms with Gasteiger partial charge in [-0.1, -0.05) is 20.3 Å². The van der Waals surface area contributed by atoms with Crippen LogP contribution < -0.4 is 10.6 Å². The van der Waals surface area contributed by atoms with Crippen molar-refractivity contribution in [2.75, 3.05) is 19.6 Å². The fourth-order valence-electron chi connectivity index (χ4n) is 1.78. The Bertz CT molecular complexity index is 132. The highest BCUT2D eigenvalue weighted by molar-refractivity contribution is 4.80. The van der Waals surface area contributed by atoms with Crippen molar-refractivity contribution in [3.63, 3.8) is 0 Å². The Morgan fingerprint density at radius 2 is 2.07 bits per heavy atom. The molecule has 2 nitrogen and oxygen atoms in total. The molecule has 1 saturated carbocycles. The Labute approximate surface area is 88.8 Å². The van der Waals surface area contributed by atoms with Gasteiger partial charge in [0.1, 0.15) is 0 Å². The lowest BCUT2D eigenvalue weighted by Crippen LogP contribution is -2.24. The second kappa shape index (κ2) is 7.24. The molecule has 1 fully saturated rings. The number of hydrogen-bond donors (Lipinski definition) is 2. The van der Waals surface area contributed by atoms with Crippen LogP contribution in [-0.2, 0) is 0 Å². The summed E-state index contributed by atoms with van der Waals surface area (Å²) < 4.78 is 0. The second-order valence-electron chi connectivity index (χ2n) is 4.45. The molecule has 14 heavy (non-hydrogen) atoms. The van der Waals surface area contributed by atoms with Crippen molar-refractivity contribution in [1.82, 2.24) is 10.6 Å². The fourth-order valence-corrected chi connectivity index (χ4v) is 1.78. The third kappa shape index (κ3) is 5.61. The molecule has 0 aromatic heterocycles. The highest BCUT2D eigenvalue weighted by Crippen LogP contribution is 2.18. The van der Waals surface area contributed by atoms with E-state index in [-0.39, 0.29) is 0 Å². The monoisotopic (exact) mass is 198 g/mol. The van der Waals surface area contributed by atoms with Crippen LogP contribution in [0.5, 0.6) is 0 Å². The molecule has 1 unspecified atom stereocenters. The summed E-state index contributed by atoms with van der Waals surface area (Å²) in [6.45, 7) is 8.03. The minimum absolute atomic E-state index is 0.879. The molecule has 1 rings (SSSR count). The SMILES string of the molecule is CCNCC(CC)CCCNC1CC1. The van der Waals surface area contributed by atoms with Gasteiger partial charge in [-0.05, 0) is 51.2 Å². The molecule has 0 aliphatic heterocycles. The molecule has 0 saturated heterocycles. The van der Waals surface area contributed by atoms with Crippen molar-refractivity contribution in [2.45, 2.75) is 52.0 Å². The highest BCUT2D eigenvalue weighted by Gasteiger charge is 2.19. The van der Waals surface area contributed by atoms with Crippen LogP contribution in [0.25, 0.3) is 0 Å². The average molecular weight is 198 g/mol. The molecule has 0 radical (unpaired) electrons. The molecule has 0 aromatic carbocycles. The zero-order valence-electron chi connectivity index (χ0n) is 9.81. The van der Waals surface area contributed by atoms with Crippen molar-refractivity contribution in [1.29, 1.82) is 0 Å². The van der Waals surface area contributed by atoms with E-state index in [4.69, 9.17) is 0 Å². The van der Waals surface area contributed by atoms with Gasteiger partial charge in [-0.3, -0.25) is 0 Å². The molecule has 2 heteroatoms. The summed E-state index contributed by atoms with van der Waals surface area (Å²) in [7, 11) is 0. The topological polar surface area (TPSA) is 24.1 Å². The van der Waals surface area contributed by atoms with Crippen LogP contribution in [0.2, 0.25) is 0 Å². The van der Waals surface area contributed by atoms with Crippen LogP contribution in [-0.4, -0.2) is 25.7 Å². The van der Waals surface area contributed by atoms with Crippen LogP contribution in [0, 0.1) is 5.92 Å². The quantitative estimate of drug-likeness (QED) is 0.555. The van der Waals surface area contributed by atoms with Gasteiger partial charge in [0.15, 0.2) is 0 Å². The second-order valence-corrected chi connectivity index (χ2v) is 4.45. The van der Waals surface area contributed by atoms with Crippen LogP contribution in [0.15, 0.2) is 0 Å². The van der Waals surface area contributed by atoms with Gasteiger partial charge in [0.25, 0.3) is 0 Å². The van der Waals surface area contributed by atoms with Gasteiger partial charge in [0, 0.05) is 6.04 Å². The maximum absolute atomic E-state index is 3.57. The first-order valence-corrected chi connectivity index (χ1v) is 6.30. The Kier molecular flexibility index (Phi) is 6.20. The molecule has 1 aliphatic carbocycles. The van der Waals surface area contributed by atoms with E-state index in [0.717, 1.165) is 18.5 Å². The summed E-state index contributed by atoms with van der Waals surface area (Å²) in [5, 5.41) is 7.01. The Balaban J connectivity index is 1.89. The van der Waals surface area contributed by atoms with E-state index in [0.29, 0.717) is 0 Å². The molecule has 2 N–H and O–H groups in total. The third-order valence-electron chi connectivity index (χ3n) is 3.06. The first-order valence-electron chi connectivity index (χ1n) is 6.30. The largest absolute Gasteiger partial charge is 0.317 e. The predicted molar refractivity (Wildman–Crippen MR) is 62.6 cm³/mol. The molecule has 0 amide bonds. The van der Waals surface area contributed by atoms with E-state index in [1.165, 1.54) is 45.2 Å². The zero-order valence-corrected chi connectivity index (χ0v) is 9.81. The summed E-state index contributed by atoms with van der Waals surface area (Å²) in [4.78, 5) is 0. The molecular weight excluding hydrogens is 172 g/mol. The van der Waals surface area contributed by atoms with Crippen molar-refractivity contribution >= 4 is 0 Å². The molecule has 1 aliphatic rings. The van der Waals surface area contributed by atoms with Gasteiger partial charge in [-0.15, -0.1) is 0 Å². The van der Waals surface area contributed by atoms with Gasteiger partial charge in [0.05, 0.1) is 0 Å². The fraction of sp³-hybridized carbons (Fsp3) is 1.00. The molecule has 84 valence electrons. The zero-order chi connectivity index (χ0) is 10.2. The van der Waals surface area contributed by atoms with E-state index in [1.807, 2.05) is 0 Å². The van der Waals surface area contributed by atoms with Crippen molar-refractivity contribution in [3.8, 4) is 0 Å². The summed E-state index contributed by atoms with van der Waals surface area (Å²) in [5.74, 6) is 0.885. The predicted octanol–water partition coefficient (Wildman–Crippen LogP) is 2.15. The van der Waals surface area contributed by atoms with E-state index in [2.05, 4.69) is 24.5 Å². The van der Waals surface area contributed by atoms with Crippen LogP contribution >= 0.6 is 0 Å². The summed E-state index contributed by atoms with van der Waals surface area (Å²) >= 11 is 0. The summed E-state index contributed by atoms with van der Waals surface area (Å²) in [5.41, 5.74) is 0. The standard InChI is InChI=1S/C12H26N2/c1-3-11(10-13-4-2)6-5-9-14-12-7-8-12/h11-14H,3-10H2,1-2H3. The number of hydrogen-bond acceptors (Lipinski definition) is 2. The third-order valence-corrected chi connectivity index (χ3v) is 3.06. The summed E-state index contributed by atoms with van der Waals surface area (Å²) in [6.07, 6.45) is 6.86. The van der Waals surface area contributed by atoms with Crippen LogP contribution in [0.3, 0.4) is 0 Å². The number of nitrogens with one attached hydrogen (secondary N) is 2. The Morgan fingerprint density at radius 3 is 2.64 bits per heavy atom. The van der Waals surface area contributed by atoms with Crippen LogP contribution in [0.1, 0.15) is 46.0 Å². The molecule has 0 aromatic rings. The van der Waals surface area contributed by atoms with Crippen molar-refractivity contribution < 1.29 is 0 Å². The van der Waals surface area contributed by atoms with Gasteiger partial charge in [0.2, 0.25) is 0 Å². The summed E-state index contributed by atoms with van der Waals surface area (Å²) in [6, 6.07) is 0.879. The maximum Gasteiger partial charge on any atom is 0.00682 e. The van der Waals surface area contributed by atoms with E-state index >= 15 is 0 Å². The average Bonchev–Trinajstić information content (AvgIpc) is 3.01. The first-order chi connectivity index (χ1) is 6.86. The van der Waals surface area contributed by atoms with Crippen LogP contribution in [0.4, 0.5) is 0 Å². The lowest BCUT2D eigenvalue weighted by Gasteiger charge is -2.14. The minimum Gasteiger partial charge on any atom is -0.317 e. The Morgan fingerprint density at radius 1 is 1.29 bits per heavy atom. The number of rotatable bonds is 9. The van der Waals surface area contributed by atoms with Gasteiger partial charge >= 0.3 is 0 Å². The lowest BCUT2D eigenvalue weighted by molar-refractivity contribution is 0.420.